The van der Waals surface area contributed by atoms with Crippen LogP contribution in [0, 0.1) is 13.8 Å². The molecule has 3 heteroatoms. The van der Waals surface area contributed by atoms with Crippen molar-refractivity contribution in [2.24, 2.45) is 0 Å². The fraction of sp³-hybridized carbons (Fsp3) is 0. The predicted octanol–water partition coefficient (Wildman–Crippen LogP) is 2.53. The van der Waals surface area contributed by atoms with Crippen LogP contribution in [-0.4, -0.2) is 9.97 Å². The summed E-state index contributed by atoms with van der Waals surface area (Å²) in [5.74, 6) is 0. The molecule has 2 nitrogen and oxygen atoms in total. The molecule has 80 valence electrons. The third-order valence-corrected chi connectivity index (χ3v) is 1.45. The van der Waals surface area contributed by atoms with Gasteiger partial charge in [0.25, 0.3) is 0 Å². The minimum Gasteiger partial charge on any atom is -0.296 e. The van der Waals surface area contributed by atoms with E-state index in [9.17, 15) is 0 Å². The average Bonchev–Trinajstić information content (AvgIpc) is 2.21. The SMILES string of the molecule is [CH2-]c1ccccn1.[CH2-]c1ccccn1.[Pd+2]. The van der Waals surface area contributed by atoms with Crippen LogP contribution in [0.3, 0.4) is 0 Å². The Morgan fingerprint density at radius 3 is 1.27 bits per heavy atom. The first-order valence-corrected chi connectivity index (χ1v) is 4.25. The monoisotopic (exact) mass is 290 g/mol. The van der Waals surface area contributed by atoms with Gasteiger partial charge in [-0.05, 0) is 0 Å². The van der Waals surface area contributed by atoms with Crippen LogP contribution in [0.25, 0.3) is 0 Å². The topological polar surface area (TPSA) is 25.8 Å². The van der Waals surface area contributed by atoms with E-state index in [1.165, 1.54) is 0 Å². The van der Waals surface area contributed by atoms with Crippen LogP contribution in [-0.2, 0) is 20.4 Å². The van der Waals surface area contributed by atoms with Gasteiger partial charge in [-0.3, -0.25) is 9.97 Å². The molecule has 0 aliphatic rings. The van der Waals surface area contributed by atoms with E-state index in [1.54, 1.807) is 12.4 Å². The summed E-state index contributed by atoms with van der Waals surface area (Å²) in [5.41, 5.74) is 1.64. The molecule has 2 rings (SSSR count). The van der Waals surface area contributed by atoms with Crippen LogP contribution < -0.4 is 0 Å². The van der Waals surface area contributed by atoms with Crippen LogP contribution >= 0.6 is 0 Å². The molecule has 0 aliphatic carbocycles. The van der Waals surface area contributed by atoms with E-state index in [0.29, 0.717) is 0 Å². The molecule has 0 saturated carbocycles. The van der Waals surface area contributed by atoms with Crippen molar-refractivity contribution in [3.05, 3.63) is 74.0 Å². The molecule has 0 fully saturated rings. The summed E-state index contributed by atoms with van der Waals surface area (Å²) in [6.07, 6.45) is 3.45. The molecular weight excluding hydrogens is 279 g/mol. The zero-order chi connectivity index (χ0) is 10.2. The Balaban J connectivity index is 0.000000245. The standard InChI is InChI=1S/2C6H6N.Pd/c2*1-6-4-2-3-5-7-6;/h2*2-5H,1H2;/q2*-1;+2. The van der Waals surface area contributed by atoms with E-state index in [4.69, 9.17) is 0 Å². The first-order chi connectivity index (χ1) is 6.79. The summed E-state index contributed by atoms with van der Waals surface area (Å²) in [4.78, 5) is 7.74. The van der Waals surface area contributed by atoms with Crippen LogP contribution in [0.5, 0.6) is 0 Å². The van der Waals surface area contributed by atoms with Gasteiger partial charge in [0.2, 0.25) is 0 Å². The van der Waals surface area contributed by atoms with Gasteiger partial charge >= 0.3 is 20.4 Å². The molecule has 2 aromatic heterocycles. The molecule has 2 aromatic rings. The second kappa shape index (κ2) is 8.05. The zero-order valence-corrected chi connectivity index (χ0v) is 9.80. The van der Waals surface area contributed by atoms with Gasteiger partial charge in [-0.15, -0.1) is 23.5 Å². The maximum atomic E-state index is 3.87. The Morgan fingerprint density at radius 2 is 1.13 bits per heavy atom. The van der Waals surface area contributed by atoms with Crippen molar-refractivity contribution in [1.82, 2.24) is 9.97 Å². The van der Waals surface area contributed by atoms with Crippen LogP contribution in [0.2, 0.25) is 0 Å². The third kappa shape index (κ3) is 6.73. The maximum Gasteiger partial charge on any atom is 2.00 e. The number of hydrogen-bond acceptors (Lipinski definition) is 2. The Labute approximate surface area is 104 Å². The summed E-state index contributed by atoms with van der Waals surface area (Å²) in [6, 6.07) is 11.3. The van der Waals surface area contributed by atoms with Gasteiger partial charge in [0.15, 0.2) is 0 Å². The molecule has 0 radical (unpaired) electrons. The fourth-order valence-corrected chi connectivity index (χ4v) is 0.796. The molecule has 0 atom stereocenters. The summed E-state index contributed by atoms with van der Waals surface area (Å²) >= 11 is 0. The Hall–Kier alpha value is -1.30. The molecule has 0 aromatic carbocycles. The molecule has 0 bridgehead atoms. The van der Waals surface area contributed by atoms with E-state index < -0.39 is 0 Å². The number of pyridine rings is 2. The number of hydrogen-bond donors (Lipinski definition) is 0. The van der Waals surface area contributed by atoms with Crippen LogP contribution in [0.4, 0.5) is 0 Å². The number of aromatic nitrogens is 2. The van der Waals surface area contributed by atoms with Crippen molar-refractivity contribution in [3.63, 3.8) is 0 Å². The molecule has 15 heavy (non-hydrogen) atoms. The van der Waals surface area contributed by atoms with Crippen LogP contribution in [0.15, 0.2) is 48.8 Å². The zero-order valence-electron chi connectivity index (χ0n) is 8.24. The van der Waals surface area contributed by atoms with Crippen molar-refractivity contribution in [2.75, 3.05) is 0 Å². The van der Waals surface area contributed by atoms with Gasteiger partial charge in [-0.25, -0.2) is 13.8 Å². The second-order valence-electron chi connectivity index (χ2n) is 2.64. The van der Waals surface area contributed by atoms with Crippen molar-refractivity contribution < 1.29 is 20.4 Å². The molecule has 0 saturated heterocycles. The predicted molar refractivity (Wildman–Crippen MR) is 57.4 cm³/mol. The average molecular weight is 291 g/mol. The largest absolute Gasteiger partial charge is 2.00 e. The Bertz CT molecular complexity index is 311. The van der Waals surface area contributed by atoms with E-state index >= 15 is 0 Å². The van der Waals surface area contributed by atoms with E-state index in [2.05, 4.69) is 23.8 Å². The van der Waals surface area contributed by atoms with E-state index in [-0.39, 0.29) is 20.4 Å². The van der Waals surface area contributed by atoms with Gasteiger partial charge in [0.1, 0.15) is 0 Å². The fourth-order valence-electron chi connectivity index (χ4n) is 0.796. The summed E-state index contributed by atoms with van der Waals surface area (Å²) in [7, 11) is 0. The van der Waals surface area contributed by atoms with Crippen molar-refractivity contribution in [3.8, 4) is 0 Å². The molecule has 0 N–H and O–H groups in total. The Morgan fingerprint density at radius 1 is 0.733 bits per heavy atom. The quantitative estimate of drug-likeness (QED) is 0.550. The Kier molecular flexibility index (Phi) is 7.35. The van der Waals surface area contributed by atoms with Crippen molar-refractivity contribution >= 4 is 0 Å². The first kappa shape index (κ1) is 13.7. The van der Waals surface area contributed by atoms with Gasteiger partial charge in [-0.1, -0.05) is 12.1 Å². The minimum absolute atomic E-state index is 0. The normalized spacial score (nSPS) is 8.00. The van der Waals surface area contributed by atoms with Gasteiger partial charge < -0.3 is 0 Å². The van der Waals surface area contributed by atoms with Crippen molar-refractivity contribution in [2.45, 2.75) is 0 Å². The molecule has 0 amide bonds. The molecule has 0 unspecified atom stereocenters. The third-order valence-electron chi connectivity index (χ3n) is 1.45. The summed E-state index contributed by atoms with van der Waals surface area (Å²) in [5, 5.41) is 0. The molecule has 2 heterocycles. The number of nitrogens with zero attached hydrogens (tertiary/aromatic N) is 2. The van der Waals surface area contributed by atoms with Gasteiger partial charge in [-0.2, -0.15) is 12.1 Å². The van der Waals surface area contributed by atoms with Crippen molar-refractivity contribution in [1.29, 1.82) is 0 Å². The van der Waals surface area contributed by atoms with Gasteiger partial charge in [0, 0.05) is 12.4 Å². The molecular formula is C12H12N2Pd. The first-order valence-electron chi connectivity index (χ1n) is 4.25. The molecule has 0 spiro atoms. The van der Waals surface area contributed by atoms with E-state index in [0.717, 1.165) is 11.4 Å². The smallest absolute Gasteiger partial charge is 0.296 e. The van der Waals surface area contributed by atoms with Crippen LogP contribution in [0.1, 0.15) is 11.4 Å². The minimum atomic E-state index is 0. The van der Waals surface area contributed by atoms with Gasteiger partial charge in [0.05, 0.1) is 0 Å². The second-order valence-corrected chi connectivity index (χ2v) is 2.64. The summed E-state index contributed by atoms with van der Waals surface area (Å²) < 4.78 is 0. The maximum absolute atomic E-state index is 3.87. The summed E-state index contributed by atoms with van der Waals surface area (Å²) in [6.45, 7) is 7.22. The van der Waals surface area contributed by atoms with E-state index in [1.807, 2.05) is 36.4 Å². The molecule has 0 aliphatic heterocycles. The number of rotatable bonds is 0.